The number of carbonyl (C=O) groups is 1. The van der Waals surface area contributed by atoms with E-state index in [9.17, 15) is 17.6 Å². The molecule has 0 N–H and O–H groups in total. The summed E-state index contributed by atoms with van der Waals surface area (Å²) in [5, 5.41) is 0. The molecule has 2 atom stereocenters. The second kappa shape index (κ2) is 10.7. The minimum absolute atomic E-state index is 0.0189. The van der Waals surface area contributed by atoms with E-state index in [1.807, 2.05) is 36.1 Å². The number of nitrogens with zero attached hydrogens (tertiary/aromatic N) is 3. The fourth-order valence-corrected chi connectivity index (χ4v) is 5.72. The van der Waals surface area contributed by atoms with Crippen molar-refractivity contribution in [1.82, 2.24) is 14.1 Å². The minimum atomic E-state index is -3.28. The van der Waals surface area contributed by atoms with Crippen LogP contribution in [-0.4, -0.2) is 73.5 Å². The van der Waals surface area contributed by atoms with Crippen LogP contribution in [0.5, 0.6) is 5.75 Å². The first-order valence-corrected chi connectivity index (χ1v) is 14.0. The van der Waals surface area contributed by atoms with Crippen molar-refractivity contribution in [2.45, 2.75) is 39.0 Å². The number of halogens is 1. The van der Waals surface area contributed by atoms with Gasteiger partial charge in [-0.1, -0.05) is 24.8 Å². The Kier molecular flexibility index (Phi) is 7.82. The van der Waals surface area contributed by atoms with Gasteiger partial charge in [0.15, 0.2) is 0 Å². The normalized spacial score (nSPS) is 20.0. The van der Waals surface area contributed by atoms with Crippen molar-refractivity contribution in [3.8, 4) is 5.75 Å². The standard InChI is InChI=1S/C27H34FN3O4S/c1-5-27(32)31-13-12-29(16-20(31)3)18-26(22-7-6-19(2)25(28)15-22)35-24-9-8-21-10-11-30(36(4,33)34)17-23(21)14-24/h5-9,14-15,20,26H,1,10-13,16-18H2,2-4H3/t20-,26-/m1/s1. The van der Waals surface area contributed by atoms with E-state index in [2.05, 4.69) is 11.5 Å². The monoisotopic (exact) mass is 515 g/mol. The van der Waals surface area contributed by atoms with Gasteiger partial charge in [0.05, 0.1) is 6.26 Å². The second-order valence-electron chi connectivity index (χ2n) is 9.74. The average Bonchev–Trinajstić information content (AvgIpc) is 2.84. The molecule has 0 radical (unpaired) electrons. The number of hydrogen-bond donors (Lipinski definition) is 0. The summed E-state index contributed by atoms with van der Waals surface area (Å²) >= 11 is 0. The molecule has 194 valence electrons. The second-order valence-corrected chi connectivity index (χ2v) is 11.7. The summed E-state index contributed by atoms with van der Waals surface area (Å²) < 4.78 is 46.5. The van der Waals surface area contributed by atoms with Crippen molar-refractivity contribution in [2.24, 2.45) is 0 Å². The molecule has 4 rings (SSSR count). The van der Waals surface area contributed by atoms with E-state index in [4.69, 9.17) is 4.74 Å². The summed E-state index contributed by atoms with van der Waals surface area (Å²) in [6, 6.07) is 11.0. The van der Waals surface area contributed by atoms with Crippen LogP contribution in [0.15, 0.2) is 49.1 Å². The Balaban J connectivity index is 1.56. The Bertz CT molecular complexity index is 1250. The van der Waals surface area contributed by atoms with Gasteiger partial charge in [0.1, 0.15) is 17.7 Å². The van der Waals surface area contributed by atoms with Crippen molar-refractivity contribution in [2.75, 3.05) is 39.0 Å². The zero-order chi connectivity index (χ0) is 26.0. The van der Waals surface area contributed by atoms with Gasteiger partial charge in [0.25, 0.3) is 0 Å². The van der Waals surface area contributed by atoms with Crippen LogP contribution in [0.2, 0.25) is 0 Å². The Hall–Kier alpha value is -2.75. The number of benzene rings is 2. The number of fused-ring (bicyclic) bond motifs is 1. The highest BCUT2D eigenvalue weighted by molar-refractivity contribution is 7.88. The van der Waals surface area contributed by atoms with Crippen LogP contribution in [-0.2, 0) is 27.8 Å². The van der Waals surface area contributed by atoms with E-state index >= 15 is 0 Å². The third-order valence-electron chi connectivity index (χ3n) is 7.06. The summed E-state index contributed by atoms with van der Waals surface area (Å²) in [5.41, 5.74) is 3.32. The Morgan fingerprint density at radius 3 is 2.64 bits per heavy atom. The molecule has 0 spiro atoms. The molecule has 2 aromatic rings. The molecule has 9 heteroatoms. The molecular formula is C27H34FN3O4S. The fraction of sp³-hybridized carbons (Fsp3) is 0.444. The largest absolute Gasteiger partial charge is 0.484 e. The maximum Gasteiger partial charge on any atom is 0.246 e. The maximum absolute atomic E-state index is 14.5. The maximum atomic E-state index is 14.5. The molecule has 36 heavy (non-hydrogen) atoms. The van der Waals surface area contributed by atoms with Gasteiger partial charge in [-0.3, -0.25) is 9.69 Å². The van der Waals surface area contributed by atoms with Gasteiger partial charge < -0.3 is 9.64 Å². The van der Waals surface area contributed by atoms with Gasteiger partial charge in [-0.2, -0.15) is 4.31 Å². The quantitative estimate of drug-likeness (QED) is 0.530. The molecular weight excluding hydrogens is 481 g/mol. The Labute approximate surface area is 213 Å². The van der Waals surface area contributed by atoms with Crippen LogP contribution in [0.3, 0.4) is 0 Å². The highest BCUT2D eigenvalue weighted by atomic mass is 32.2. The molecule has 0 bridgehead atoms. The molecule has 2 aromatic carbocycles. The molecule has 0 unspecified atom stereocenters. The smallest absolute Gasteiger partial charge is 0.246 e. The minimum Gasteiger partial charge on any atom is -0.484 e. The first-order chi connectivity index (χ1) is 17.0. The third kappa shape index (κ3) is 5.96. The molecule has 7 nitrogen and oxygen atoms in total. The van der Waals surface area contributed by atoms with Crippen molar-refractivity contribution in [3.63, 3.8) is 0 Å². The fourth-order valence-electron chi connectivity index (χ4n) is 4.93. The van der Waals surface area contributed by atoms with Crippen LogP contribution in [0.1, 0.15) is 35.3 Å². The molecule has 1 saturated heterocycles. The SMILES string of the molecule is C=CC(=O)N1CCN(C[C@@H](Oc2ccc3c(c2)CN(S(C)(=O)=O)CC3)c2ccc(C)c(F)c2)C[C@H]1C. The van der Waals surface area contributed by atoms with Crippen LogP contribution in [0, 0.1) is 12.7 Å². The number of piperazine rings is 1. The topological polar surface area (TPSA) is 70.2 Å². The number of amides is 1. The molecule has 0 aromatic heterocycles. The van der Waals surface area contributed by atoms with Crippen molar-refractivity contribution in [1.29, 1.82) is 0 Å². The lowest BCUT2D eigenvalue weighted by molar-refractivity contribution is -0.130. The number of sulfonamides is 1. The van der Waals surface area contributed by atoms with Crippen LogP contribution in [0.4, 0.5) is 4.39 Å². The van der Waals surface area contributed by atoms with Crippen LogP contribution in [0.25, 0.3) is 0 Å². The summed E-state index contributed by atoms with van der Waals surface area (Å²) in [4.78, 5) is 16.2. The van der Waals surface area contributed by atoms with Gasteiger partial charge in [0, 0.05) is 45.3 Å². The molecule has 0 saturated carbocycles. The number of rotatable bonds is 7. The van der Waals surface area contributed by atoms with Crippen molar-refractivity contribution in [3.05, 3.63) is 77.1 Å². The zero-order valence-corrected chi connectivity index (χ0v) is 21.9. The molecule has 2 aliphatic heterocycles. The highest BCUT2D eigenvalue weighted by Gasteiger charge is 2.29. The molecule has 2 heterocycles. The first kappa shape index (κ1) is 26.3. The number of aryl methyl sites for hydroxylation is 1. The van der Waals surface area contributed by atoms with Crippen molar-refractivity contribution < 1.29 is 22.3 Å². The van der Waals surface area contributed by atoms with E-state index in [1.54, 1.807) is 13.0 Å². The van der Waals surface area contributed by atoms with Gasteiger partial charge in [-0.15, -0.1) is 0 Å². The van der Waals surface area contributed by atoms with Crippen molar-refractivity contribution >= 4 is 15.9 Å². The summed E-state index contributed by atoms with van der Waals surface area (Å²) in [5.74, 6) is 0.251. The van der Waals surface area contributed by atoms with Crippen LogP contribution >= 0.6 is 0 Å². The number of ether oxygens (including phenoxy) is 1. The Morgan fingerprint density at radius 2 is 1.97 bits per heavy atom. The third-order valence-corrected chi connectivity index (χ3v) is 8.31. The molecule has 1 amide bonds. The molecule has 0 aliphatic carbocycles. The van der Waals surface area contributed by atoms with Gasteiger partial charge in [-0.05, 0) is 66.8 Å². The van der Waals surface area contributed by atoms with Gasteiger partial charge in [-0.25, -0.2) is 12.8 Å². The van der Waals surface area contributed by atoms with E-state index in [1.165, 1.54) is 22.7 Å². The summed E-state index contributed by atoms with van der Waals surface area (Å²) in [6.07, 6.45) is 2.78. The van der Waals surface area contributed by atoms with E-state index in [0.29, 0.717) is 57.0 Å². The van der Waals surface area contributed by atoms with Crippen LogP contribution < -0.4 is 4.74 Å². The predicted octanol–water partition coefficient (Wildman–Crippen LogP) is 3.29. The lowest BCUT2D eigenvalue weighted by Crippen LogP contribution is -2.54. The van der Waals surface area contributed by atoms with E-state index in [-0.39, 0.29) is 17.8 Å². The van der Waals surface area contributed by atoms with E-state index < -0.39 is 16.1 Å². The zero-order valence-electron chi connectivity index (χ0n) is 21.1. The predicted molar refractivity (Wildman–Crippen MR) is 138 cm³/mol. The Morgan fingerprint density at radius 1 is 1.19 bits per heavy atom. The van der Waals surface area contributed by atoms with Gasteiger partial charge >= 0.3 is 0 Å². The summed E-state index contributed by atoms with van der Waals surface area (Å²) in [6.45, 7) is 10.6. The summed E-state index contributed by atoms with van der Waals surface area (Å²) in [7, 11) is -3.28. The lowest BCUT2D eigenvalue weighted by Gasteiger charge is -2.40. The lowest BCUT2D eigenvalue weighted by atomic mass is 10.0. The number of hydrogen-bond acceptors (Lipinski definition) is 5. The van der Waals surface area contributed by atoms with Gasteiger partial charge in [0.2, 0.25) is 15.9 Å². The number of carbonyl (C=O) groups excluding carboxylic acids is 1. The highest BCUT2D eigenvalue weighted by Crippen LogP contribution is 2.30. The molecule has 1 fully saturated rings. The average molecular weight is 516 g/mol. The van der Waals surface area contributed by atoms with E-state index in [0.717, 1.165) is 16.7 Å². The molecule has 2 aliphatic rings. The first-order valence-electron chi connectivity index (χ1n) is 12.2.